The lowest BCUT2D eigenvalue weighted by atomic mass is 9.93. The number of fused-ring (bicyclic) bond motifs is 1. The van der Waals surface area contributed by atoms with E-state index in [0.29, 0.717) is 0 Å². The molecule has 0 aliphatic heterocycles. The fourth-order valence-corrected chi connectivity index (χ4v) is 2.90. The summed E-state index contributed by atoms with van der Waals surface area (Å²) in [5.74, 6) is 0. The molecule has 1 aliphatic carbocycles. The molecule has 4 heteroatoms. The van der Waals surface area contributed by atoms with Gasteiger partial charge in [0.15, 0.2) is 0 Å². The van der Waals surface area contributed by atoms with Gasteiger partial charge in [0.05, 0.1) is 11.8 Å². The third-order valence-electron chi connectivity index (χ3n) is 4.07. The van der Waals surface area contributed by atoms with Gasteiger partial charge >= 0.3 is 6.03 Å². The number of urea groups is 1. The van der Waals surface area contributed by atoms with E-state index < -0.39 is 0 Å². The van der Waals surface area contributed by atoms with Crippen LogP contribution in [0.4, 0.5) is 10.5 Å². The maximum absolute atomic E-state index is 12.1. The van der Waals surface area contributed by atoms with Crippen LogP contribution in [0.3, 0.4) is 0 Å². The Morgan fingerprint density at radius 2 is 1.71 bits per heavy atom. The van der Waals surface area contributed by atoms with E-state index in [1.807, 2.05) is 42.5 Å². The molecule has 4 nitrogen and oxygen atoms in total. The molecule has 1 fully saturated rings. The van der Waals surface area contributed by atoms with Crippen molar-refractivity contribution < 1.29 is 9.90 Å². The number of aliphatic hydroxyl groups is 1. The first-order chi connectivity index (χ1) is 10.2. The molecule has 2 aromatic rings. The van der Waals surface area contributed by atoms with E-state index in [-0.39, 0.29) is 18.2 Å². The van der Waals surface area contributed by atoms with Gasteiger partial charge in [-0.2, -0.15) is 0 Å². The predicted octanol–water partition coefficient (Wildman–Crippen LogP) is 3.26. The van der Waals surface area contributed by atoms with Gasteiger partial charge in [0, 0.05) is 11.4 Å². The number of hydrogen-bond donors (Lipinski definition) is 3. The Kier molecular flexibility index (Phi) is 4.06. The first-order valence-corrected chi connectivity index (χ1v) is 7.46. The molecule has 0 atom stereocenters. The summed E-state index contributed by atoms with van der Waals surface area (Å²) in [5.41, 5.74) is 0.821. The SMILES string of the molecule is O=C(Nc1cccc2ccccc12)NC1CCC(O)CC1. The molecule has 0 radical (unpaired) electrons. The lowest BCUT2D eigenvalue weighted by Gasteiger charge is -2.26. The van der Waals surface area contributed by atoms with Gasteiger partial charge in [-0.1, -0.05) is 36.4 Å². The van der Waals surface area contributed by atoms with E-state index in [9.17, 15) is 9.90 Å². The second-order valence-electron chi connectivity index (χ2n) is 5.63. The minimum absolute atomic E-state index is 0.156. The monoisotopic (exact) mass is 284 g/mol. The highest BCUT2D eigenvalue weighted by atomic mass is 16.3. The Labute approximate surface area is 124 Å². The number of rotatable bonds is 2. The van der Waals surface area contributed by atoms with Gasteiger partial charge in [-0.25, -0.2) is 4.79 Å². The zero-order chi connectivity index (χ0) is 14.7. The highest BCUT2D eigenvalue weighted by molar-refractivity contribution is 6.01. The summed E-state index contributed by atoms with van der Waals surface area (Å²) >= 11 is 0. The van der Waals surface area contributed by atoms with Crippen LogP contribution in [0.15, 0.2) is 42.5 Å². The molecule has 21 heavy (non-hydrogen) atoms. The number of aliphatic hydroxyl groups excluding tert-OH is 1. The van der Waals surface area contributed by atoms with Crippen molar-refractivity contribution in [2.45, 2.75) is 37.8 Å². The molecule has 2 aromatic carbocycles. The molecule has 0 spiro atoms. The van der Waals surface area contributed by atoms with Gasteiger partial charge in [-0.05, 0) is 37.1 Å². The topological polar surface area (TPSA) is 61.4 Å². The highest BCUT2D eigenvalue weighted by Gasteiger charge is 2.20. The van der Waals surface area contributed by atoms with E-state index in [0.717, 1.165) is 42.1 Å². The van der Waals surface area contributed by atoms with Gasteiger partial charge in [0.25, 0.3) is 0 Å². The number of hydrogen-bond acceptors (Lipinski definition) is 2. The molecular weight excluding hydrogens is 264 g/mol. The molecule has 110 valence electrons. The molecule has 3 N–H and O–H groups in total. The second kappa shape index (κ2) is 6.14. The van der Waals surface area contributed by atoms with Crippen molar-refractivity contribution in [2.75, 3.05) is 5.32 Å². The highest BCUT2D eigenvalue weighted by Crippen LogP contribution is 2.23. The predicted molar refractivity (Wildman–Crippen MR) is 84.4 cm³/mol. The molecule has 1 saturated carbocycles. The van der Waals surface area contributed by atoms with E-state index in [4.69, 9.17) is 0 Å². The molecule has 1 aliphatic rings. The summed E-state index contributed by atoms with van der Waals surface area (Å²) < 4.78 is 0. The van der Waals surface area contributed by atoms with E-state index in [1.54, 1.807) is 0 Å². The Morgan fingerprint density at radius 1 is 1.00 bits per heavy atom. The molecule has 3 rings (SSSR count). The standard InChI is InChI=1S/C17H20N2O2/c20-14-10-8-13(9-11-14)18-17(21)19-16-7-3-5-12-4-1-2-6-15(12)16/h1-7,13-14,20H,8-11H2,(H2,18,19,21). The number of amides is 2. The number of benzene rings is 2. The van der Waals surface area contributed by atoms with Crippen LogP contribution in [-0.2, 0) is 0 Å². The van der Waals surface area contributed by atoms with Crippen LogP contribution in [0, 0.1) is 0 Å². The largest absolute Gasteiger partial charge is 0.393 e. The molecule has 0 heterocycles. The van der Waals surface area contributed by atoms with Crippen LogP contribution >= 0.6 is 0 Å². The summed E-state index contributed by atoms with van der Waals surface area (Å²) in [5, 5.41) is 17.6. The smallest absolute Gasteiger partial charge is 0.319 e. The normalized spacial score (nSPS) is 22.0. The third-order valence-corrected chi connectivity index (χ3v) is 4.07. The average Bonchev–Trinajstić information content (AvgIpc) is 2.50. The minimum atomic E-state index is -0.204. The Morgan fingerprint density at radius 3 is 2.52 bits per heavy atom. The van der Waals surface area contributed by atoms with E-state index in [2.05, 4.69) is 10.6 Å². The summed E-state index contributed by atoms with van der Waals surface area (Å²) in [7, 11) is 0. The van der Waals surface area contributed by atoms with Gasteiger partial charge in [-0.3, -0.25) is 0 Å². The molecule has 0 saturated heterocycles. The van der Waals surface area contributed by atoms with Crippen LogP contribution < -0.4 is 10.6 Å². The van der Waals surface area contributed by atoms with Crippen molar-refractivity contribution in [3.63, 3.8) is 0 Å². The van der Waals surface area contributed by atoms with E-state index in [1.165, 1.54) is 0 Å². The Bertz CT molecular complexity index is 628. The third kappa shape index (κ3) is 3.34. The van der Waals surface area contributed by atoms with Gasteiger partial charge in [0.2, 0.25) is 0 Å². The van der Waals surface area contributed by atoms with Crippen LogP contribution in [-0.4, -0.2) is 23.3 Å². The Hall–Kier alpha value is -2.07. The van der Waals surface area contributed by atoms with Crippen molar-refractivity contribution in [1.82, 2.24) is 5.32 Å². The minimum Gasteiger partial charge on any atom is -0.393 e. The lowest BCUT2D eigenvalue weighted by molar-refractivity contribution is 0.118. The maximum atomic E-state index is 12.1. The lowest BCUT2D eigenvalue weighted by Crippen LogP contribution is -2.40. The van der Waals surface area contributed by atoms with Crippen LogP contribution in [0.2, 0.25) is 0 Å². The number of carbonyl (C=O) groups is 1. The zero-order valence-corrected chi connectivity index (χ0v) is 11.9. The van der Waals surface area contributed by atoms with Crippen LogP contribution in [0.25, 0.3) is 10.8 Å². The molecule has 0 unspecified atom stereocenters. The fraction of sp³-hybridized carbons (Fsp3) is 0.353. The summed E-state index contributed by atoms with van der Waals surface area (Å²) in [4.78, 5) is 12.1. The van der Waals surface area contributed by atoms with Crippen molar-refractivity contribution in [1.29, 1.82) is 0 Å². The first-order valence-electron chi connectivity index (χ1n) is 7.46. The molecule has 2 amide bonds. The van der Waals surface area contributed by atoms with E-state index >= 15 is 0 Å². The fourth-order valence-electron chi connectivity index (χ4n) is 2.90. The molecule has 0 aromatic heterocycles. The number of anilines is 1. The zero-order valence-electron chi connectivity index (χ0n) is 11.9. The number of nitrogens with one attached hydrogen (secondary N) is 2. The van der Waals surface area contributed by atoms with Crippen molar-refractivity contribution >= 4 is 22.5 Å². The summed E-state index contributed by atoms with van der Waals surface area (Å²) in [6.45, 7) is 0. The van der Waals surface area contributed by atoms with Gasteiger partial charge in [-0.15, -0.1) is 0 Å². The molecular formula is C17H20N2O2. The maximum Gasteiger partial charge on any atom is 0.319 e. The first kappa shape index (κ1) is 13.9. The van der Waals surface area contributed by atoms with Gasteiger partial charge in [0.1, 0.15) is 0 Å². The van der Waals surface area contributed by atoms with Crippen LogP contribution in [0.1, 0.15) is 25.7 Å². The second-order valence-corrected chi connectivity index (χ2v) is 5.63. The number of carbonyl (C=O) groups excluding carboxylic acids is 1. The van der Waals surface area contributed by atoms with Crippen molar-refractivity contribution in [3.05, 3.63) is 42.5 Å². The van der Waals surface area contributed by atoms with Crippen molar-refractivity contribution in [2.24, 2.45) is 0 Å². The molecule has 0 bridgehead atoms. The van der Waals surface area contributed by atoms with Gasteiger partial charge < -0.3 is 15.7 Å². The van der Waals surface area contributed by atoms with Crippen molar-refractivity contribution in [3.8, 4) is 0 Å². The average molecular weight is 284 g/mol. The summed E-state index contributed by atoms with van der Waals surface area (Å²) in [6, 6.07) is 13.8. The van der Waals surface area contributed by atoms with Crippen LogP contribution in [0.5, 0.6) is 0 Å². The quantitative estimate of drug-likeness (QED) is 0.792. The summed E-state index contributed by atoms with van der Waals surface area (Å²) in [6.07, 6.45) is 3.00. The Balaban J connectivity index is 1.66.